The summed E-state index contributed by atoms with van der Waals surface area (Å²) in [6.07, 6.45) is 1.39. The van der Waals surface area contributed by atoms with Crippen molar-refractivity contribution in [3.63, 3.8) is 0 Å². The zero-order chi connectivity index (χ0) is 22.2. The maximum absolute atomic E-state index is 10.8. The Morgan fingerprint density at radius 2 is 1.65 bits per heavy atom. The number of benzene rings is 3. The van der Waals surface area contributed by atoms with E-state index < -0.39 is 5.97 Å². The van der Waals surface area contributed by atoms with Crippen LogP contribution >= 0.6 is 0 Å². The number of carboxylic acid groups (broad SMARTS) is 1. The van der Waals surface area contributed by atoms with Gasteiger partial charge >= 0.3 is 5.97 Å². The molecule has 3 aromatic rings. The molecular formula is C26H26O5. The van der Waals surface area contributed by atoms with E-state index in [1.54, 1.807) is 24.3 Å². The van der Waals surface area contributed by atoms with Gasteiger partial charge in [0.15, 0.2) is 0 Å². The molecule has 0 saturated heterocycles. The quantitative estimate of drug-likeness (QED) is 0.342. The highest BCUT2D eigenvalue weighted by molar-refractivity contribution is 5.75. The fourth-order valence-corrected chi connectivity index (χ4v) is 3.50. The van der Waals surface area contributed by atoms with Gasteiger partial charge in [0.25, 0.3) is 0 Å². The standard InChI is InChI=1S/C26H26O5/c1-18-13-24(30-12-4-7-25(28)29)14-19(2)26(18)22-6-3-5-21(15-22)17-31-23-10-8-20(16-27)9-11-23/h3,5-6,8-11,13-16H,4,7,12,17H2,1-2H3,(H,28,29). The molecule has 0 heterocycles. The minimum atomic E-state index is -0.812. The van der Waals surface area contributed by atoms with Crippen LogP contribution in [0, 0.1) is 13.8 Å². The SMILES string of the molecule is Cc1cc(OCCCC(=O)O)cc(C)c1-c1cccc(COc2ccc(C=O)cc2)c1. The van der Waals surface area contributed by atoms with Gasteiger partial charge in [-0.25, -0.2) is 0 Å². The van der Waals surface area contributed by atoms with E-state index in [2.05, 4.69) is 12.1 Å². The van der Waals surface area contributed by atoms with Crippen LogP contribution in [0.2, 0.25) is 0 Å². The minimum absolute atomic E-state index is 0.103. The lowest BCUT2D eigenvalue weighted by atomic mass is 9.94. The molecule has 1 N–H and O–H groups in total. The summed E-state index contributed by atoms with van der Waals surface area (Å²) >= 11 is 0. The van der Waals surface area contributed by atoms with Crippen LogP contribution < -0.4 is 9.47 Å². The number of carbonyl (C=O) groups is 2. The third kappa shape index (κ3) is 6.19. The van der Waals surface area contributed by atoms with Crippen LogP contribution in [0.25, 0.3) is 11.1 Å². The Hall–Kier alpha value is -3.60. The second kappa shape index (κ2) is 10.4. The van der Waals surface area contributed by atoms with E-state index in [9.17, 15) is 9.59 Å². The summed E-state index contributed by atoms with van der Waals surface area (Å²) in [6, 6.07) is 19.2. The van der Waals surface area contributed by atoms with Gasteiger partial charge in [0.1, 0.15) is 24.4 Å². The van der Waals surface area contributed by atoms with Gasteiger partial charge < -0.3 is 14.6 Å². The normalized spacial score (nSPS) is 10.5. The van der Waals surface area contributed by atoms with Crippen LogP contribution in [0.3, 0.4) is 0 Å². The third-order valence-corrected chi connectivity index (χ3v) is 4.95. The topological polar surface area (TPSA) is 72.8 Å². The number of hydrogen-bond donors (Lipinski definition) is 1. The average molecular weight is 418 g/mol. The number of aryl methyl sites for hydroxylation is 2. The van der Waals surface area contributed by atoms with E-state index in [0.717, 1.165) is 39.9 Å². The number of hydrogen-bond acceptors (Lipinski definition) is 4. The van der Waals surface area contributed by atoms with Crippen molar-refractivity contribution in [1.82, 2.24) is 0 Å². The van der Waals surface area contributed by atoms with Crippen LogP contribution in [-0.2, 0) is 11.4 Å². The van der Waals surface area contributed by atoms with Gasteiger partial charge in [-0.05, 0) is 90.6 Å². The first-order valence-corrected chi connectivity index (χ1v) is 10.2. The molecule has 0 aliphatic rings. The van der Waals surface area contributed by atoms with Gasteiger partial charge in [0, 0.05) is 12.0 Å². The molecule has 160 valence electrons. The molecule has 3 rings (SSSR count). The molecule has 31 heavy (non-hydrogen) atoms. The summed E-state index contributed by atoms with van der Waals surface area (Å²) in [5, 5.41) is 8.73. The van der Waals surface area contributed by atoms with E-state index in [4.69, 9.17) is 14.6 Å². The van der Waals surface area contributed by atoms with Gasteiger partial charge in [0.05, 0.1) is 6.61 Å². The monoisotopic (exact) mass is 418 g/mol. The van der Waals surface area contributed by atoms with Crippen molar-refractivity contribution < 1.29 is 24.2 Å². The van der Waals surface area contributed by atoms with Gasteiger partial charge in [0.2, 0.25) is 0 Å². The van der Waals surface area contributed by atoms with Crippen LogP contribution in [0.4, 0.5) is 0 Å². The largest absolute Gasteiger partial charge is 0.494 e. The first-order chi connectivity index (χ1) is 15.0. The Kier molecular flexibility index (Phi) is 7.44. The summed E-state index contributed by atoms with van der Waals surface area (Å²) in [5.74, 6) is 0.656. The number of rotatable bonds is 10. The number of carboxylic acids is 1. The van der Waals surface area contributed by atoms with Crippen molar-refractivity contribution in [1.29, 1.82) is 0 Å². The molecule has 5 nitrogen and oxygen atoms in total. The third-order valence-electron chi connectivity index (χ3n) is 4.95. The Labute approximate surface area is 182 Å². The summed E-state index contributed by atoms with van der Waals surface area (Å²) < 4.78 is 11.6. The van der Waals surface area contributed by atoms with Gasteiger partial charge in [-0.2, -0.15) is 0 Å². The average Bonchev–Trinajstić information content (AvgIpc) is 2.75. The highest BCUT2D eigenvalue weighted by atomic mass is 16.5. The summed E-state index contributed by atoms with van der Waals surface area (Å²) in [7, 11) is 0. The van der Waals surface area contributed by atoms with Crippen LogP contribution in [0.15, 0.2) is 60.7 Å². The van der Waals surface area contributed by atoms with Crippen LogP contribution in [-0.4, -0.2) is 24.0 Å². The molecule has 3 aromatic carbocycles. The van der Waals surface area contributed by atoms with Crippen molar-refractivity contribution in [3.8, 4) is 22.6 Å². The second-order valence-corrected chi connectivity index (χ2v) is 7.45. The Balaban J connectivity index is 1.70. The fourth-order valence-electron chi connectivity index (χ4n) is 3.50. The van der Waals surface area contributed by atoms with E-state index in [-0.39, 0.29) is 6.42 Å². The lowest BCUT2D eigenvalue weighted by Crippen LogP contribution is -2.03. The van der Waals surface area contributed by atoms with E-state index in [1.807, 2.05) is 38.1 Å². The number of aldehydes is 1. The maximum Gasteiger partial charge on any atom is 0.303 e. The Morgan fingerprint density at radius 3 is 2.29 bits per heavy atom. The van der Waals surface area contributed by atoms with E-state index >= 15 is 0 Å². The highest BCUT2D eigenvalue weighted by Gasteiger charge is 2.10. The molecule has 0 bridgehead atoms. The summed E-state index contributed by atoms with van der Waals surface area (Å²) in [5.41, 5.74) is 6.10. The zero-order valence-electron chi connectivity index (χ0n) is 17.8. The first kappa shape index (κ1) is 22.1. The van der Waals surface area contributed by atoms with E-state index in [1.165, 1.54) is 0 Å². The smallest absolute Gasteiger partial charge is 0.303 e. The first-order valence-electron chi connectivity index (χ1n) is 10.2. The molecule has 0 aliphatic heterocycles. The van der Waals surface area contributed by atoms with Crippen LogP contribution in [0.1, 0.15) is 39.9 Å². The fraction of sp³-hybridized carbons (Fsp3) is 0.231. The van der Waals surface area contributed by atoms with Crippen molar-refractivity contribution in [2.24, 2.45) is 0 Å². The lowest BCUT2D eigenvalue weighted by Gasteiger charge is -2.15. The Morgan fingerprint density at radius 1 is 0.935 bits per heavy atom. The molecule has 0 fully saturated rings. The molecule has 0 spiro atoms. The van der Waals surface area contributed by atoms with Crippen LogP contribution in [0.5, 0.6) is 11.5 Å². The van der Waals surface area contributed by atoms with Crippen molar-refractivity contribution >= 4 is 12.3 Å². The lowest BCUT2D eigenvalue weighted by molar-refractivity contribution is -0.137. The predicted octanol–water partition coefficient (Wildman–Crippen LogP) is 5.61. The molecule has 0 aromatic heterocycles. The molecule has 0 atom stereocenters. The Bertz CT molecular complexity index is 1030. The molecule has 5 heteroatoms. The number of carbonyl (C=O) groups excluding carboxylic acids is 1. The maximum atomic E-state index is 10.8. The molecular weight excluding hydrogens is 392 g/mol. The minimum Gasteiger partial charge on any atom is -0.494 e. The van der Waals surface area contributed by atoms with E-state index in [0.29, 0.717) is 30.9 Å². The molecule has 0 saturated carbocycles. The van der Waals surface area contributed by atoms with Gasteiger partial charge in [-0.3, -0.25) is 9.59 Å². The molecule has 0 aliphatic carbocycles. The zero-order valence-corrected chi connectivity index (χ0v) is 17.8. The summed E-state index contributed by atoms with van der Waals surface area (Å²) in [6.45, 7) is 4.90. The number of ether oxygens (including phenoxy) is 2. The number of aliphatic carboxylic acids is 1. The van der Waals surface area contributed by atoms with Gasteiger partial charge in [-0.15, -0.1) is 0 Å². The second-order valence-electron chi connectivity index (χ2n) is 7.45. The molecule has 0 amide bonds. The van der Waals surface area contributed by atoms with Crippen molar-refractivity contribution in [2.75, 3.05) is 6.61 Å². The van der Waals surface area contributed by atoms with Crippen molar-refractivity contribution in [3.05, 3.63) is 82.9 Å². The summed E-state index contributed by atoms with van der Waals surface area (Å²) in [4.78, 5) is 21.4. The van der Waals surface area contributed by atoms with Gasteiger partial charge in [-0.1, -0.05) is 18.2 Å². The predicted molar refractivity (Wildman–Crippen MR) is 120 cm³/mol. The molecule has 0 unspecified atom stereocenters. The van der Waals surface area contributed by atoms with Crippen molar-refractivity contribution in [2.45, 2.75) is 33.3 Å². The highest BCUT2D eigenvalue weighted by Crippen LogP contribution is 2.32. The molecule has 0 radical (unpaired) electrons.